The third-order valence-corrected chi connectivity index (χ3v) is 4.30. The zero-order chi connectivity index (χ0) is 16.3. The first-order valence-corrected chi connectivity index (χ1v) is 8.21. The van der Waals surface area contributed by atoms with Gasteiger partial charge in [0.2, 0.25) is 0 Å². The van der Waals surface area contributed by atoms with Gasteiger partial charge in [-0.3, -0.25) is 0 Å². The smallest absolute Gasteiger partial charge is 0.410 e. The summed E-state index contributed by atoms with van der Waals surface area (Å²) in [5.74, 6) is 0. The van der Waals surface area contributed by atoms with Crippen LogP contribution in [0.25, 0.3) is 0 Å². The van der Waals surface area contributed by atoms with Crippen molar-refractivity contribution in [3.8, 4) is 0 Å². The molecule has 4 nitrogen and oxygen atoms in total. The predicted molar refractivity (Wildman–Crippen MR) is 90.9 cm³/mol. The lowest BCUT2D eigenvalue weighted by Crippen LogP contribution is -2.42. The lowest BCUT2D eigenvalue weighted by atomic mass is 10.2. The SMILES string of the molecule is CC(C)(C)OC(=O)N1CCCC1CNc1cccc(Cl)c1Cl. The summed E-state index contributed by atoms with van der Waals surface area (Å²) in [6.45, 7) is 6.98. The quantitative estimate of drug-likeness (QED) is 0.855. The molecule has 1 heterocycles. The minimum absolute atomic E-state index is 0.102. The lowest BCUT2D eigenvalue weighted by Gasteiger charge is -2.29. The van der Waals surface area contributed by atoms with E-state index in [4.69, 9.17) is 27.9 Å². The fourth-order valence-electron chi connectivity index (χ4n) is 2.48. The number of ether oxygens (including phenoxy) is 1. The Morgan fingerprint density at radius 3 is 2.82 bits per heavy atom. The van der Waals surface area contributed by atoms with E-state index in [1.807, 2.05) is 32.9 Å². The van der Waals surface area contributed by atoms with Gasteiger partial charge < -0.3 is 15.0 Å². The summed E-state index contributed by atoms with van der Waals surface area (Å²) >= 11 is 12.2. The van der Waals surface area contributed by atoms with Gasteiger partial charge in [-0.05, 0) is 45.7 Å². The Bertz CT molecular complexity index is 543. The van der Waals surface area contributed by atoms with Crippen molar-refractivity contribution in [2.75, 3.05) is 18.4 Å². The number of benzene rings is 1. The minimum atomic E-state index is -0.478. The van der Waals surface area contributed by atoms with Crippen LogP contribution in [0.15, 0.2) is 18.2 Å². The zero-order valence-corrected chi connectivity index (χ0v) is 14.7. The minimum Gasteiger partial charge on any atom is -0.444 e. The summed E-state index contributed by atoms with van der Waals surface area (Å²) in [7, 11) is 0. The van der Waals surface area contributed by atoms with Crippen LogP contribution in [0.5, 0.6) is 0 Å². The van der Waals surface area contributed by atoms with Gasteiger partial charge in [-0.1, -0.05) is 29.3 Å². The molecule has 22 heavy (non-hydrogen) atoms. The van der Waals surface area contributed by atoms with Crippen molar-refractivity contribution in [2.24, 2.45) is 0 Å². The van der Waals surface area contributed by atoms with E-state index >= 15 is 0 Å². The number of amides is 1. The third-order valence-electron chi connectivity index (χ3n) is 3.48. The number of nitrogens with one attached hydrogen (secondary N) is 1. The Hall–Kier alpha value is -1.13. The number of halogens is 2. The molecule has 1 aromatic rings. The van der Waals surface area contributed by atoms with Crippen molar-refractivity contribution in [3.05, 3.63) is 28.2 Å². The maximum atomic E-state index is 12.2. The molecule has 0 spiro atoms. The number of anilines is 1. The van der Waals surface area contributed by atoms with E-state index < -0.39 is 5.60 Å². The standard InChI is InChI=1S/C16H22Cl2N2O2/c1-16(2,3)22-15(21)20-9-5-6-11(20)10-19-13-8-4-7-12(17)14(13)18/h4,7-8,11,19H,5-6,9-10H2,1-3H3. The molecule has 1 amide bonds. The molecule has 122 valence electrons. The molecule has 0 radical (unpaired) electrons. The molecule has 1 aliphatic rings. The van der Waals surface area contributed by atoms with Gasteiger partial charge in [0.05, 0.1) is 21.8 Å². The zero-order valence-electron chi connectivity index (χ0n) is 13.2. The predicted octanol–water partition coefficient (Wildman–Crippen LogP) is 4.80. The molecule has 0 aliphatic carbocycles. The van der Waals surface area contributed by atoms with Gasteiger partial charge in [0.25, 0.3) is 0 Å². The van der Waals surface area contributed by atoms with E-state index in [1.54, 1.807) is 11.0 Å². The number of hydrogen-bond acceptors (Lipinski definition) is 3. The Balaban J connectivity index is 1.97. The number of hydrogen-bond donors (Lipinski definition) is 1. The first kappa shape index (κ1) is 17.2. The molecule has 2 rings (SSSR count). The van der Waals surface area contributed by atoms with Gasteiger partial charge in [-0.25, -0.2) is 4.79 Å². The van der Waals surface area contributed by atoms with E-state index in [1.165, 1.54) is 0 Å². The van der Waals surface area contributed by atoms with E-state index in [0.717, 1.165) is 25.1 Å². The average Bonchev–Trinajstić information content (AvgIpc) is 2.87. The largest absolute Gasteiger partial charge is 0.444 e. The molecule has 1 aliphatic heterocycles. The van der Waals surface area contributed by atoms with Crippen molar-refractivity contribution < 1.29 is 9.53 Å². The highest BCUT2D eigenvalue weighted by Gasteiger charge is 2.32. The first-order chi connectivity index (χ1) is 10.3. The summed E-state index contributed by atoms with van der Waals surface area (Å²) in [5.41, 5.74) is 0.304. The second-order valence-corrected chi connectivity index (χ2v) is 7.24. The Morgan fingerprint density at radius 1 is 1.41 bits per heavy atom. The van der Waals surface area contributed by atoms with Gasteiger partial charge in [0, 0.05) is 13.1 Å². The van der Waals surface area contributed by atoms with Crippen molar-refractivity contribution in [2.45, 2.75) is 45.3 Å². The summed E-state index contributed by atoms with van der Waals surface area (Å²) in [6, 6.07) is 5.57. The van der Waals surface area contributed by atoms with Crippen LogP contribution in [0.3, 0.4) is 0 Å². The van der Waals surface area contributed by atoms with Crippen LogP contribution in [-0.4, -0.2) is 35.7 Å². The molecule has 1 aromatic carbocycles. The average molecular weight is 345 g/mol. The molecule has 1 fully saturated rings. The summed E-state index contributed by atoms with van der Waals surface area (Å²) in [4.78, 5) is 14.0. The molecule has 0 saturated carbocycles. The lowest BCUT2D eigenvalue weighted by molar-refractivity contribution is 0.0235. The number of carbonyl (C=O) groups excluding carboxylic acids is 1. The van der Waals surface area contributed by atoms with Gasteiger partial charge in [-0.15, -0.1) is 0 Å². The van der Waals surface area contributed by atoms with Crippen molar-refractivity contribution in [1.82, 2.24) is 4.90 Å². The van der Waals surface area contributed by atoms with Gasteiger partial charge >= 0.3 is 6.09 Å². The molecule has 6 heteroatoms. The number of likely N-dealkylation sites (tertiary alicyclic amines) is 1. The maximum Gasteiger partial charge on any atom is 0.410 e. The Kier molecular flexibility index (Phi) is 5.45. The molecule has 1 atom stereocenters. The van der Waals surface area contributed by atoms with E-state index in [2.05, 4.69) is 5.32 Å². The second-order valence-electron chi connectivity index (χ2n) is 6.45. The van der Waals surface area contributed by atoms with Gasteiger partial charge in [0.15, 0.2) is 0 Å². The van der Waals surface area contributed by atoms with Crippen LogP contribution in [0.1, 0.15) is 33.6 Å². The van der Waals surface area contributed by atoms with Crippen LogP contribution in [0.2, 0.25) is 10.0 Å². The Morgan fingerprint density at radius 2 is 2.14 bits per heavy atom. The van der Waals surface area contributed by atoms with Crippen LogP contribution in [-0.2, 0) is 4.74 Å². The molecule has 1 unspecified atom stereocenters. The van der Waals surface area contributed by atoms with Crippen molar-refractivity contribution in [3.63, 3.8) is 0 Å². The highest BCUT2D eigenvalue weighted by atomic mass is 35.5. The van der Waals surface area contributed by atoms with Crippen LogP contribution in [0, 0.1) is 0 Å². The highest BCUT2D eigenvalue weighted by molar-refractivity contribution is 6.43. The van der Waals surface area contributed by atoms with Crippen molar-refractivity contribution in [1.29, 1.82) is 0 Å². The van der Waals surface area contributed by atoms with E-state index in [-0.39, 0.29) is 12.1 Å². The fourth-order valence-corrected chi connectivity index (χ4v) is 2.84. The van der Waals surface area contributed by atoms with E-state index in [0.29, 0.717) is 16.6 Å². The van der Waals surface area contributed by atoms with Gasteiger partial charge in [0.1, 0.15) is 5.60 Å². The monoisotopic (exact) mass is 344 g/mol. The van der Waals surface area contributed by atoms with Crippen LogP contribution < -0.4 is 5.32 Å². The van der Waals surface area contributed by atoms with Gasteiger partial charge in [-0.2, -0.15) is 0 Å². The molecule has 1 saturated heterocycles. The summed E-state index contributed by atoms with van der Waals surface area (Å²) in [5, 5.41) is 4.30. The number of carbonyl (C=O) groups is 1. The maximum absolute atomic E-state index is 12.2. The molecular formula is C16H22Cl2N2O2. The number of rotatable bonds is 3. The number of nitrogens with zero attached hydrogens (tertiary/aromatic N) is 1. The topological polar surface area (TPSA) is 41.6 Å². The molecular weight excluding hydrogens is 323 g/mol. The van der Waals surface area contributed by atoms with Crippen LogP contribution in [0.4, 0.5) is 10.5 Å². The normalized spacial score (nSPS) is 18.4. The highest BCUT2D eigenvalue weighted by Crippen LogP contribution is 2.30. The molecule has 0 bridgehead atoms. The Labute approximate surface area is 141 Å². The molecule has 1 N–H and O–H groups in total. The summed E-state index contributed by atoms with van der Waals surface area (Å²) < 4.78 is 5.46. The van der Waals surface area contributed by atoms with Crippen LogP contribution >= 0.6 is 23.2 Å². The molecule has 0 aromatic heterocycles. The first-order valence-electron chi connectivity index (χ1n) is 7.45. The van der Waals surface area contributed by atoms with E-state index in [9.17, 15) is 4.79 Å². The fraction of sp³-hybridized carbons (Fsp3) is 0.562. The van der Waals surface area contributed by atoms with Crippen molar-refractivity contribution >= 4 is 35.0 Å². The third kappa shape index (κ3) is 4.43. The summed E-state index contributed by atoms with van der Waals surface area (Å²) in [6.07, 6.45) is 1.67. The second kappa shape index (κ2) is 6.97.